The van der Waals surface area contributed by atoms with Crippen molar-refractivity contribution in [1.29, 1.82) is 0 Å². The highest BCUT2D eigenvalue weighted by atomic mass is 32.1. The number of nitrogens with zero attached hydrogens (tertiary/aromatic N) is 4. The second-order valence-corrected chi connectivity index (χ2v) is 6.91. The van der Waals surface area contributed by atoms with E-state index in [2.05, 4.69) is 43.1 Å². The Morgan fingerprint density at radius 3 is 3.00 bits per heavy atom. The Hall–Kier alpha value is -1.21. The molecule has 5 nitrogen and oxygen atoms in total. The summed E-state index contributed by atoms with van der Waals surface area (Å²) in [5, 5.41) is 13.8. The quantitative estimate of drug-likeness (QED) is 0.841. The monoisotopic (exact) mass is 334 g/mol. The van der Waals surface area contributed by atoms with Gasteiger partial charge in [-0.15, -0.1) is 0 Å². The SMILES string of the molecule is CCn1ccnc1CN1CCN(Cc2ccsc2)[C@@H](CCO)C1. The number of aryl methyl sites for hydroxylation is 1. The van der Waals surface area contributed by atoms with E-state index in [4.69, 9.17) is 0 Å². The lowest BCUT2D eigenvalue weighted by molar-refractivity contribution is 0.0483. The first-order valence-electron chi connectivity index (χ1n) is 8.38. The Balaban J connectivity index is 1.61. The smallest absolute Gasteiger partial charge is 0.122 e. The maximum absolute atomic E-state index is 9.43. The Labute approximate surface area is 142 Å². The fourth-order valence-corrected chi connectivity index (χ4v) is 3.99. The minimum Gasteiger partial charge on any atom is -0.396 e. The lowest BCUT2D eigenvalue weighted by atomic mass is 10.1. The van der Waals surface area contributed by atoms with E-state index in [1.807, 2.05) is 12.4 Å². The van der Waals surface area contributed by atoms with Crippen molar-refractivity contribution in [3.05, 3.63) is 40.6 Å². The second kappa shape index (κ2) is 8.06. The maximum atomic E-state index is 9.43. The molecule has 0 unspecified atom stereocenters. The maximum Gasteiger partial charge on any atom is 0.122 e. The van der Waals surface area contributed by atoms with Gasteiger partial charge in [0.25, 0.3) is 0 Å². The van der Waals surface area contributed by atoms with Gasteiger partial charge >= 0.3 is 0 Å². The Bertz CT molecular complexity index is 583. The summed E-state index contributed by atoms with van der Waals surface area (Å²) in [4.78, 5) is 9.48. The molecule has 23 heavy (non-hydrogen) atoms. The molecule has 0 aliphatic carbocycles. The van der Waals surface area contributed by atoms with Gasteiger partial charge in [0.05, 0.1) is 6.54 Å². The summed E-state index contributed by atoms with van der Waals surface area (Å²) in [7, 11) is 0. The zero-order valence-corrected chi connectivity index (χ0v) is 14.6. The van der Waals surface area contributed by atoms with Crippen LogP contribution in [0.3, 0.4) is 0 Å². The van der Waals surface area contributed by atoms with Gasteiger partial charge in [-0.3, -0.25) is 9.80 Å². The van der Waals surface area contributed by atoms with Crippen molar-refractivity contribution in [2.75, 3.05) is 26.2 Å². The molecule has 1 saturated heterocycles. The van der Waals surface area contributed by atoms with Crippen LogP contribution in [0.5, 0.6) is 0 Å². The van der Waals surface area contributed by atoms with E-state index < -0.39 is 0 Å². The molecular weight excluding hydrogens is 308 g/mol. The molecule has 1 atom stereocenters. The number of aromatic nitrogens is 2. The number of piperazine rings is 1. The highest BCUT2D eigenvalue weighted by molar-refractivity contribution is 7.07. The first-order valence-corrected chi connectivity index (χ1v) is 9.32. The highest BCUT2D eigenvalue weighted by Crippen LogP contribution is 2.19. The molecular formula is C17H26N4OS. The van der Waals surface area contributed by atoms with Gasteiger partial charge in [0, 0.05) is 57.8 Å². The minimum atomic E-state index is 0.252. The van der Waals surface area contributed by atoms with Crippen LogP contribution in [-0.2, 0) is 19.6 Å². The molecule has 6 heteroatoms. The normalized spacial score (nSPS) is 20.2. The Kier molecular flexibility index (Phi) is 5.83. The third-order valence-electron chi connectivity index (χ3n) is 4.62. The van der Waals surface area contributed by atoms with E-state index in [0.717, 1.165) is 51.5 Å². The van der Waals surface area contributed by atoms with Crippen LogP contribution in [0.25, 0.3) is 0 Å². The van der Waals surface area contributed by atoms with E-state index in [1.165, 1.54) is 5.56 Å². The van der Waals surface area contributed by atoms with Gasteiger partial charge in [-0.1, -0.05) is 0 Å². The van der Waals surface area contributed by atoms with E-state index in [9.17, 15) is 5.11 Å². The molecule has 1 N–H and O–H groups in total. The Morgan fingerprint density at radius 1 is 1.35 bits per heavy atom. The summed E-state index contributed by atoms with van der Waals surface area (Å²) in [5.74, 6) is 1.14. The highest BCUT2D eigenvalue weighted by Gasteiger charge is 2.27. The van der Waals surface area contributed by atoms with Crippen molar-refractivity contribution in [3.8, 4) is 0 Å². The van der Waals surface area contributed by atoms with Crippen molar-refractivity contribution in [1.82, 2.24) is 19.4 Å². The van der Waals surface area contributed by atoms with Gasteiger partial charge in [-0.2, -0.15) is 11.3 Å². The fourth-order valence-electron chi connectivity index (χ4n) is 3.33. The van der Waals surface area contributed by atoms with Gasteiger partial charge in [0.15, 0.2) is 0 Å². The van der Waals surface area contributed by atoms with Gasteiger partial charge in [0.2, 0.25) is 0 Å². The third-order valence-corrected chi connectivity index (χ3v) is 5.36. The van der Waals surface area contributed by atoms with E-state index in [1.54, 1.807) is 11.3 Å². The largest absolute Gasteiger partial charge is 0.396 e. The van der Waals surface area contributed by atoms with Crippen molar-refractivity contribution in [2.24, 2.45) is 0 Å². The number of imidazole rings is 1. The number of rotatable bonds is 7. The zero-order valence-electron chi connectivity index (χ0n) is 13.8. The van der Waals surface area contributed by atoms with E-state index >= 15 is 0 Å². The summed E-state index contributed by atoms with van der Waals surface area (Å²) in [5.41, 5.74) is 1.38. The molecule has 0 spiro atoms. The predicted octanol–water partition coefficient (Wildman–Crippen LogP) is 2.03. The van der Waals surface area contributed by atoms with Crippen LogP contribution in [0, 0.1) is 0 Å². The molecule has 3 rings (SSSR count). The molecule has 1 aliphatic heterocycles. The van der Waals surface area contributed by atoms with E-state index in [-0.39, 0.29) is 6.61 Å². The summed E-state index contributed by atoms with van der Waals surface area (Å²) >= 11 is 1.75. The van der Waals surface area contributed by atoms with Gasteiger partial charge < -0.3 is 9.67 Å². The third kappa shape index (κ3) is 4.20. The number of hydrogen-bond acceptors (Lipinski definition) is 5. The molecule has 0 bridgehead atoms. The molecule has 1 aliphatic rings. The molecule has 0 amide bonds. The predicted molar refractivity (Wildman–Crippen MR) is 93.4 cm³/mol. The minimum absolute atomic E-state index is 0.252. The van der Waals surface area contributed by atoms with Gasteiger partial charge in [0.1, 0.15) is 5.82 Å². The number of thiophene rings is 1. The van der Waals surface area contributed by atoms with Gasteiger partial charge in [-0.05, 0) is 35.7 Å². The molecule has 2 aromatic heterocycles. The average molecular weight is 334 g/mol. The first-order chi connectivity index (χ1) is 11.3. The zero-order chi connectivity index (χ0) is 16.1. The lowest BCUT2D eigenvalue weighted by Gasteiger charge is -2.41. The lowest BCUT2D eigenvalue weighted by Crippen LogP contribution is -2.52. The molecule has 2 aromatic rings. The van der Waals surface area contributed by atoms with Crippen LogP contribution in [0.4, 0.5) is 0 Å². The van der Waals surface area contributed by atoms with E-state index in [0.29, 0.717) is 6.04 Å². The Morgan fingerprint density at radius 2 is 2.26 bits per heavy atom. The van der Waals surface area contributed by atoms with Crippen LogP contribution < -0.4 is 0 Å². The molecule has 0 saturated carbocycles. The van der Waals surface area contributed by atoms with Crippen molar-refractivity contribution >= 4 is 11.3 Å². The van der Waals surface area contributed by atoms with Crippen LogP contribution in [0.15, 0.2) is 29.2 Å². The van der Waals surface area contributed by atoms with Gasteiger partial charge in [-0.25, -0.2) is 4.98 Å². The number of hydrogen-bond donors (Lipinski definition) is 1. The molecule has 1 fully saturated rings. The standard InChI is InChI=1S/C17H26N4OS/c1-2-20-6-5-18-17(20)13-19-7-8-21(16(12-19)3-9-22)11-15-4-10-23-14-15/h4-6,10,14,16,22H,2-3,7-9,11-13H2,1H3/t16-/m0/s1. The average Bonchev–Trinajstić information content (AvgIpc) is 3.21. The first kappa shape index (κ1) is 16.6. The summed E-state index contributed by atoms with van der Waals surface area (Å²) in [6.07, 6.45) is 4.77. The fraction of sp³-hybridized carbons (Fsp3) is 0.588. The van der Waals surface area contributed by atoms with Crippen molar-refractivity contribution in [3.63, 3.8) is 0 Å². The molecule has 3 heterocycles. The van der Waals surface area contributed by atoms with Crippen LogP contribution in [0.2, 0.25) is 0 Å². The second-order valence-electron chi connectivity index (χ2n) is 6.13. The molecule has 0 aromatic carbocycles. The van der Waals surface area contributed by atoms with Crippen LogP contribution in [0.1, 0.15) is 24.7 Å². The van der Waals surface area contributed by atoms with Crippen molar-refractivity contribution < 1.29 is 5.11 Å². The number of aliphatic hydroxyl groups is 1. The van der Waals surface area contributed by atoms with Crippen LogP contribution >= 0.6 is 11.3 Å². The van der Waals surface area contributed by atoms with Crippen molar-refractivity contribution in [2.45, 2.75) is 39.0 Å². The summed E-state index contributed by atoms with van der Waals surface area (Å²) in [6.45, 7) is 8.37. The summed E-state index contributed by atoms with van der Waals surface area (Å²) in [6, 6.07) is 2.61. The number of aliphatic hydroxyl groups excluding tert-OH is 1. The summed E-state index contributed by atoms with van der Waals surface area (Å²) < 4.78 is 2.21. The molecule has 0 radical (unpaired) electrons. The molecule has 126 valence electrons. The topological polar surface area (TPSA) is 44.5 Å². The van der Waals surface area contributed by atoms with Crippen LogP contribution in [-0.4, -0.2) is 56.7 Å².